The molecule has 2 aliphatic heterocycles. The number of para-hydroxylation sites is 1. The van der Waals surface area contributed by atoms with Crippen LogP contribution in [0.3, 0.4) is 0 Å². The highest BCUT2D eigenvalue weighted by Crippen LogP contribution is 2.38. The van der Waals surface area contributed by atoms with Crippen molar-refractivity contribution in [3.63, 3.8) is 0 Å². The van der Waals surface area contributed by atoms with Gasteiger partial charge in [0.25, 0.3) is 11.6 Å². The predicted octanol–water partition coefficient (Wildman–Crippen LogP) is 3.08. The number of aryl methyl sites for hydroxylation is 1. The van der Waals surface area contributed by atoms with Gasteiger partial charge in [-0.3, -0.25) is 24.6 Å². The lowest BCUT2D eigenvalue weighted by Crippen LogP contribution is -2.51. The van der Waals surface area contributed by atoms with Gasteiger partial charge >= 0.3 is 0 Å². The lowest BCUT2D eigenvalue weighted by molar-refractivity contribution is -0.384. The quantitative estimate of drug-likeness (QED) is 0.586. The molecule has 2 aromatic carbocycles. The second-order valence-electron chi connectivity index (χ2n) is 7.13. The maximum atomic E-state index is 13.2. The minimum Gasteiger partial charge on any atom is -0.478 e. The van der Waals surface area contributed by atoms with E-state index in [0.717, 1.165) is 24.1 Å². The van der Waals surface area contributed by atoms with E-state index in [1.807, 2.05) is 31.2 Å². The van der Waals surface area contributed by atoms with Crippen molar-refractivity contribution in [2.24, 2.45) is 0 Å². The Morgan fingerprint density at radius 2 is 2.03 bits per heavy atom. The summed E-state index contributed by atoms with van der Waals surface area (Å²) in [7, 11) is 0. The Bertz CT molecular complexity index is 990. The number of non-ortho nitro benzene ring substituents is 1. The first-order valence-electron chi connectivity index (χ1n) is 9.64. The number of hydrogen-bond acceptors (Lipinski definition) is 5. The van der Waals surface area contributed by atoms with Gasteiger partial charge in [-0.15, -0.1) is 0 Å². The summed E-state index contributed by atoms with van der Waals surface area (Å²) >= 11 is 0. The number of ether oxygens (including phenoxy) is 1. The summed E-state index contributed by atoms with van der Waals surface area (Å²) in [5.74, 6) is -0.215. The van der Waals surface area contributed by atoms with Crippen molar-refractivity contribution in [1.82, 2.24) is 0 Å². The molecule has 2 aromatic rings. The van der Waals surface area contributed by atoms with Crippen LogP contribution >= 0.6 is 0 Å². The number of carbonyl (C=O) groups excluding carboxylic acids is 2. The molecule has 0 fully saturated rings. The average molecular weight is 395 g/mol. The van der Waals surface area contributed by atoms with Crippen molar-refractivity contribution in [3.8, 4) is 5.75 Å². The lowest BCUT2D eigenvalue weighted by atomic mass is 10.0. The van der Waals surface area contributed by atoms with Crippen molar-refractivity contribution in [3.05, 3.63) is 58.1 Å². The Hall–Kier alpha value is -3.42. The summed E-state index contributed by atoms with van der Waals surface area (Å²) in [6.45, 7) is 2.20. The SMILES string of the molecule is CCC1Oc2ccc([N+](=O)[O-])cc2N(CC(=O)N2CCCc3ccccc32)C1=O. The molecule has 0 spiro atoms. The molecule has 150 valence electrons. The van der Waals surface area contributed by atoms with Gasteiger partial charge in [0.1, 0.15) is 12.3 Å². The number of nitro groups is 1. The van der Waals surface area contributed by atoms with Crippen molar-refractivity contribution in [1.29, 1.82) is 0 Å². The van der Waals surface area contributed by atoms with Crippen LogP contribution in [0.15, 0.2) is 42.5 Å². The van der Waals surface area contributed by atoms with E-state index in [0.29, 0.717) is 18.7 Å². The molecule has 29 heavy (non-hydrogen) atoms. The van der Waals surface area contributed by atoms with E-state index in [2.05, 4.69) is 0 Å². The first-order valence-corrected chi connectivity index (χ1v) is 9.64. The van der Waals surface area contributed by atoms with Crippen LogP contribution in [-0.2, 0) is 16.0 Å². The van der Waals surface area contributed by atoms with Gasteiger partial charge in [0.2, 0.25) is 5.91 Å². The van der Waals surface area contributed by atoms with E-state index in [-0.39, 0.29) is 29.7 Å². The zero-order valence-corrected chi connectivity index (χ0v) is 16.0. The van der Waals surface area contributed by atoms with Crippen LogP contribution in [0.25, 0.3) is 0 Å². The monoisotopic (exact) mass is 395 g/mol. The second kappa shape index (κ2) is 7.54. The molecule has 8 nitrogen and oxygen atoms in total. The molecule has 2 heterocycles. The van der Waals surface area contributed by atoms with Gasteiger partial charge in [-0.1, -0.05) is 25.1 Å². The van der Waals surface area contributed by atoms with E-state index < -0.39 is 11.0 Å². The van der Waals surface area contributed by atoms with Crippen molar-refractivity contribution >= 4 is 28.9 Å². The minimum absolute atomic E-state index is 0.157. The van der Waals surface area contributed by atoms with Crippen molar-refractivity contribution in [2.45, 2.75) is 32.3 Å². The maximum absolute atomic E-state index is 13.2. The van der Waals surface area contributed by atoms with Crippen molar-refractivity contribution < 1.29 is 19.2 Å². The fourth-order valence-corrected chi connectivity index (χ4v) is 3.86. The first kappa shape index (κ1) is 18.9. The van der Waals surface area contributed by atoms with E-state index in [1.165, 1.54) is 23.1 Å². The third-order valence-electron chi connectivity index (χ3n) is 5.33. The molecule has 4 rings (SSSR count). The average Bonchev–Trinajstić information content (AvgIpc) is 2.74. The van der Waals surface area contributed by atoms with Gasteiger partial charge in [0.15, 0.2) is 6.10 Å². The highest BCUT2D eigenvalue weighted by atomic mass is 16.6. The highest BCUT2D eigenvalue weighted by molar-refractivity contribution is 6.07. The van der Waals surface area contributed by atoms with Crippen LogP contribution < -0.4 is 14.5 Å². The van der Waals surface area contributed by atoms with Gasteiger partial charge in [-0.05, 0) is 37.0 Å². The highest BCUT2D eigenvalue weighted by Gasteiger charge is 2.36. The summed E-state index contributed by atoms with van der Waals surface area (Å²) in [4.78, 5) is 39.8. The zero-order chi connectivity index (χ0) is 20.5. The van der Waals surface area contributed by atoms with Crippen LogP contribution in [0.1, 0.15) is 25.3 Å². The smallest absolute Gasteiger partial charge is 0.271 e. The number of anilines is 2. The van der Waals surface area contributed by atoms with Gasteiger partial charge in [-0.2, -0.15) is 0 Å². The molecule has 8 heteroatoms. The second-order valence-corrected chi connectivity index (χ2v) is 7.13. The van der Waals surface area contributed by atoms with Crippen LogP contribution in [0.4, 0.5) is 17.1 Å². The van der Waals surface area contributed by atoms with Crippen LogP contribution in [-0.4, -0.2) is 35.9 Å². The van der Waals surface area contributed by atoms with Gasteiger partial charge in [-0.25, -0.2) is 0 Å². The number of rotatable bonds is 4. The van der Waals surface area contributed by atoms with Crippen LogP contribution in [0.5, 0.6) is 5.75 Å². The van der Waals surface area contributed by atoms with E-state index in [4.69, 9.17) is 4.74 Å². The topological polar surface area (TPSA) is 93.0 Å². The molecule has 0 N–H and O–H groups in total. The summed E-state index contributed by atoms with van der Waals surface area (Å²) in [5.41, 5.74) is 2.06. The molecule has 0 aromatic heterocycles. The Morgan fingerprint density at radius 3 is 2.79 bits per heavy atom. The molecule has 0 radical (unpaired) electrons. The molecule has 1 unspecified atom stereocenters. The number of carbonyl (C=O) groups is 2. The predicted molar refractivity (Wildman–Crippen MR) is 107 cm³/mol. The fourth-order valence-electron chi connectivity index (χ4n) is 3.86. The normalized spacial score (nSPS) is 18.0. The third-order valence-corrected chi connectivity index (χ3v) is 5.33. The third kappa shape index (κ3) is 3.41. The summed E-state index contributed by atoms with van der Waals surface area (Å²) in [6.07, 6.45) is 1.47. The molecule has 0 bridgehead atoms. The first-order chi connectivity index (χ1) is 14.0. The van der Waals surface area contributed by atoms with Crippen molar-refractivity contribution in [2.75, 3.05) is 22.9 Å². The molecule has 1 atom stereocenters. The number of nitrogens with zero attached hydrogens (tertiary/aromatic N) is 3. The van der Waals surface area contributed by atoms with E-state index in [9.17, 15) is 19.7 Å². The molecule has 2 amide bonds. The number of nitro benzene ring substituents is 1. The van der Waals surface area contributed by atoms with Crippen LogP contribution in [0.2, 0.25) is 0 Å². The van der Waals surface area contributed by atoms with Crippen LogP contribution in [0, 0.1) is 10.1 Å². The molecule has 0 aliphatic carbocycles. The summed E-state index contributed by atoms with van der Waals surface area (Å²) in [5, 5.41) is 11.2. The lowest BCUT2D eigenvalue weighted by Gasteiger charge is -2.36. The molecular formula is C21H21N3O5. The molecule has 2 aliphatic rings. The number of amides is 2. The summed E-state index contributed by atoms with van der Waals surface area (Å²) in [6, 6.07) is 11.8. The van der Waals surface area contributed by atoms with E-state index in [1.54, 1.807) is 4.90 Å². The number of fused-ring (bicyclic) bond motifs is 2. The molecular weight excluding hydrogens is 374 g/mol. The largest absolute Gasteiger partial charge is 0.478 e. The molecule has 0 saturated carbocycles. The maximum Gasteiger partial charge on any atom is 0.271 e. The number of hydrogen-bond donors (Lipinski definition) is 0. The standard InChI is InChI=1S/C21H21N3O5/c1-2-18-21(26)23(17-12-15(24(27)28)9-10-19(17)29-18)13-20(25)22-11-5-7-14-6-3-4-8-16(14)22/h3-4,6,8-10,12,18H,2,5,7,11,13H2,1H3. The van der Waals surface area contributed by atoms with E-state index >= 15 is 0 Å². The van der Waals surface area contributed by atoms with Gasteiger partial charge in [0.05, 0.1) is 10.6 Å². The Labute approximate surface area is 167 Å². The van der Waals surface area contributed by atoms with Gasteiger partial charge < -0.3 is 9.64 Å². The Kier molecular flexibility index (Phi) is 4.92. The Balaban J connectivity index is 1.67. The zero-order valence-electron chi connectivity index (χ0n) is 16.0. The fraction of sp³-hybridized carbons (Fsp3) is 0.333. The molecule has 0 saturated heterocycles. The summed E-state index contributed by atoms with van der Waals surface area (Å²) < 4.78 is 5.70. The Morgan fingerprint density at radius 1 is 1.24 bits per heavy atom. The minimum atomic E-state index is -0.717. The number of benzene rings is 2. The van der Waals surface area contributed by atoms with Gasteiger partial charge in [0, 0.05) is 24.4 Å².